The average Bonchev–Trinajstić information content (AvgIpc) is 2.36. The summed E-state index contributed by atoms with van der Waals surface area (Å²) >= 11 is 0. The Labute approximate surface area is 112 Å². The van der Waals surface area contributed by atoms with Gasteiger partial charge in [0.25, 0.3) is 10.0 Å². The lowest BCUT2D eigenvalue weighted by Crippen LogP contribution is -2.15. The van der Waals surface area contributed by atoms with Crippen molar-refractivity contribution in [3.05, 3.63) is 47.9 Å². The number of hydrogen-bond donors (Lipinski definition) is 2. The molecule has 106 valence electrons. The molecule has 0 aliphatic heterocycles. The first-order chi connectivity index (χ1) is 9.29. The Bertz CT molecular complexity index is 766. The summed E-state index contributed by atoms with van der Waals surface area (Å²) in [4.78, 5) is 3.32. The van der Waals surface area contributed by atoms with Crippen LogP contribution in [0.4, 0.5) is 24.7 Å². The van der Waals surface area contributed by atoms with Gasteiger partial charge in [0.1, 0.15) is 11.6 Å². The minimum atomic E-state index is -4.19. The smallest absolute Gasteiger partial charge is 0.262 e. The number of rotatable bonds is 3. The van der Waals surface area contributed by atoms with E-state index in [2.05, 4.69) is 4.98 Å². The van der Waals surface area contributed by atoms with Crippen LogP contribution in [0.2, 0.25) is 0 Å². The molecular weight excluding hydrogens is 295 g/mol. The van der Waals surface area contributed by atoms with E-state index in [0.29, 0.717) is 6.07 Å². The minimum absolute atomic E-state index is 0.0568. The molecule has 0 saturated carbocycles. The second kappa shape index (κ2) is 5.00. The Morgan fingerprint density at radius 1 is 1.05 bits per heavy atom. The van der Waals surface area contributed by atoms with E-state index in [9.17, 15) is 21.6 Å². The van der Waals surface area contributed by atoms with E-state index in [4.69, 9.17) is 5.73 Å². The molecule has 0 aliphatic carbocycles. The Balaban J connectivity index is 2.41. The Kier molecular flexibility index (Phi) is 3.53. The van der Waals surface area contributed by atoms with Crippen LogP contribution in [0.25, 0.3) is 0 Å². The topological polar surface area (TPSA) is 85.1 Å². The zero-order valence-electron chi connectivity index (χ0n) is 9.77. The van der Waals surface area contributed by atoms with Crippen LogP contribution >= 0.6 is 0 Å². The van der Waals surface area contributed by atoms with Gasteiger partial charge in [-0.1, -0.05) is 0 Å². The highest BCUT2D eigenvalue weighted by Crippen LogP contribution is 2.22. The Morgan fingerprint density at radius 3 is 2.35 bits per heavy atom. The number of benzene rings is 1. The van der Waals surface area contributed by atoms with E-state index < -0.39 is 33.2 Å². The van der Waals surface area contributed by atoms with Crippen molar-refractivity contribution < 1.29 is 21.6 Å². The fourth-order valence-corrected chi connectivity index (χ4v) is 2.48. The van der Waals surface area contributed by atoms with Crippen LogP contribution in [0.15, 0.2) is 35.4 Å². The van der Waals surface area contributed by atoms with Crippen molar-refractivity contribution in [1.82, 2.24) is 4.98 Å². The molecule has 0 amide bonds. The Morgan fingerprint density at radius 2 is 1.70 bits per heavy atom. The maximum Gasteiger partial charge on any atom is 0.262 e. The van der Waals surface area contributed by atoms with Crippen molar-refractivity contribution in [1.29, 1.82) is 0 Å². The molecule has 20 heavy (non-hydrogen) atoms. The predicted octanol–water partition coefficient (Wildman–Crippen LogP) is 1.88. The summed E-state index contributed by atoms with van der Waals surface area (Å²) in [5.74, 6) is -4.09. The first-order valence-electron chi connectivity index (χ1n) is 5.18. The van der Waals surface area contributed by atoms with Crippen molar-refractivity contribution >= 4 is 21.5 Å². The number of nitrogens with two attached hydrogens (primary N) is 1. The number of pyridine rings is 1. The normalized spacial score (nSPS) is 11.3. The van der Waals surface area contributed by atoms with Crippen molar-refractivity contribution in [2.24, 2.45) is 0 Å². The lowest BCUT2D eigenvalue weighted by Gasteiger charge is -2.09. The monoisotopic (exact) mass is 303 g/mol. The van der Waals surface area contributed by atoms with Gasteiger partial charge in [-0.15, -0.1) is 0 Å². The molecule has 0 spiro atoms. The molecule has 9 heteroatoms. The predicted molar refractivity (Wildman–Crippen MR) is 65.8 cm³/mol. The van der Waals surface area contributed by atoms with Crippen molar-refractivity contribution in [3.8, 4) is 0 Å². The van der Waals surface area contributed by atoms with Gasteiger partial charge >= 0.3 is 0 Å². The lowest BCUT2D eigenvalue weighted by molar-refractivity contribution is 0.496. The van der Waals surface area contributed by atoms with E-state index in [1.54, 1.807) is 4.72 Å². The standard InChI is InChI=1S/C11H8F3N3O2S/c12-7-4-9(14)10(5-8(7)13)17-20(18,19)6-1-2-16-11(15)3-6/h1-5,17H,(H2,15,16). The van der Waals surface area contributed by atoms with Crippen LogP contribution in [-0.2, 0) is 10.0 Å². The molecule has 0 fully saturated rings. The van der Waals surface area contributed by atoms with Crippen molar-refractivity contribution in [3.63, 3.8) is 0 Å². The molecule has 0 radical (unpaired) electrons. The number of sulfonamides is 1. The molecule has 0 unspecified atom stereocenters. The number of hydrogen-bond acceptors (Lipinski definition) is 4. The van der Waals surface area contributed by atoms with Gasteiger partial charge < -0.3 is 5.73 Å². The molecule has 1 aromatic carbocycles. The second-order valence-electron chi connectivity index (χ2n) is 3.77. The fraction of sp³-hybridized carbons (Fsp3) is 0. The SMILES string of the molecule is Nc1cc(S(=O)(=O)Nc2cc(F)c(F)cc2F)ccn1. The number of nitrogens with one attached hydrogen (secondary N) is 1. The molecule has 0 bridgehead atoms. The van der Waals surface area contributed by atoms with Gasteiger partial charge in [-0.05, 0) is 6.07 Å². The van der Waals surface area contributed by atoms with Gasteiger partial charge in [-0.3, -0.25) is 4.72 Å². The highest BCUT2D eigenvalue weighted by atomic mass is 32.2. The highest BCUT2D eigenvalue weighted by molar-refractivity contribution is 7.92. The number of aromatic nitrogens is 1. The molecule has 2 rings (SSSR count). The van der Waals surface area contributed by atoms with E-state index in [1.807, 2.05) is 0 Å². The number of halogens is 3. The van der Waals surface area contributed by atoms with Crippen molar-refractivity contribution in [2.45, 2.75) is 4.90 Å². The molecule has 1 heterocycles. The van der Waals surface area contributed by atoms with Gasteiger partial charge in [0, 0.05) is 24.4 Å². The van der Waals surface area contributed by atoms with Crippen LogP contribution in [0.1, 0.15) is 0 Å². The molecule has 1 aromatic heterocycles. The van der Waals surface area contributed by atoms with E-state index in [-0.39, 0.29) is 16.8 Å². The van der Waals surface area contributed by atoms with Gasteiger partial charge in [0.15, 0.2) is 11.6 Å². The maximum absolute atomic E-state index is 13.4. The lowest BCUT2D eigenvalue weighted by atomic mass is 10.3. The molecule has 0 aliphatic rings. The third-order valence-corrected chi connectivity index (χ3v) is 3.68. The summed E-state index contributed by atoms with van der Waals surface area (Å²) in [5.41, 5.74) is 4.63. The summed E-state index contributed by atoms with van der Waals surface area (Å²) in [6.07, 6.45) is 1.14. The average molecular weight is 303 g/mol. The van der Waals surface area contributed by atoms with Crippen LogP contribution in [0.5, 0.6) is 0 Å². The molecule has 3 N–H and O–H groups in total. The van der Waals surface area contributed by atoms with Gasteiger partial charge in [0.2, 0.25) is 0 Å². The highest BCUT2D eigenvalue weighted by Gasteiger charge is 2.18. The third kappa shape index (κ3) is 2.82. The zero-order chi connectivity index (χ0) is 14.9. The maximum atomic E-state index is 13.4. The number of anilines is 2. The van der Waals surface area contributed by atoms with E-state index >= 15 is 0 Å². The minimum Gasteiger partial charge on any atom is -0.384 e. The van der Waals surface area contributed by atoms with Crippen LogP contribution in [0.3, 0.4) is 0 Å². The van der Waals surface area contributed by atoms with E-state index in [1.165, 1.54) is 0 Å². The summed E-state index contributed by atoms with van der Waals surface area (Å²) in [6.45, 7) is 0. The fourth-order valence-electron chi connectivity index (χ4n) is 1.40. The molecular formula is C11H8F3N3O2S. The number of nitrogens with zero attached hydrogens (tertiary/aromatic N) is 1. The first kappa shape index (κ1) is 14.1. The largest absolute Gasteiger partial charge is 0.384 e. The second-order valence-corrected chi connectivity index (χ2v) is 5.45. The van der Waals surface area contributed by atoms with Gasteiger partial charge in [-0.25, -0.2) is 26.6 Å². The molecule has 5 nitrogen and oxygen atoms in total. The quantitative estimate of drug-likeness (QED) is 0.848. The van der Waals surface area contributed by atoms with Crippen LogP contribution < -0.4 is 10.5 Å². The summed E-state index contributed by atoms with van der Waals surface area (Å²) in [5, 5.41) is 0. The van der Waals surface area contributed by atoms with Crippen LogP contribution in [0, 0.1) is 17.5 Å². The zero-order valence-corrected chi connectivity index (χ0v) is 10.6. The van der Waals surface area contributed by atoms with Gasteiger partial charge in [-0.2, -0.15) is 0 Å². The molecule has 0 saturated heterocycles. The first-order valence-corrected chi connectivity index (χ1v) is 6.67. The van der Waals surface area contributed by atoms with Gasteiger partial charge in [0.05, 0.1) is 10.6 Å². The summed E-state index contributed by atoms with van der Waals surface area (Å²) in [6, 6.07) is 2.82. The molecule has 0 atom stereocenters. The Hall–Kier alpha value is -2.29. The number of nitrogen functional groups attached to an aromatic ring is 1. The summed E-state index contributed by atoms with van der Waals surface area (Å²) < 4.78 is 64.8. The van der Waals surface area contributed by atoms with Crippen LogP contribution in [-0.4, -0.2) is 13.4 Å². The van der Waals surface area contributed by atoms with E-state index in [0.717, 1.165) is 18.3 Å². The summed E-state index contributed by atoms with van der Waals surface area (Å²) in [7, 11) is -4.19. The third-order valence-electron chi connectivity index (χ3n) is 2.32. The molecule has 2 aromatic rings. The van der Waals surface area contributed by atoms with Crippen molar-refractivity contribution in [2.75, 3.05) is 10.5 Å².